The number of benzene rings is 2. The van der Waals surface area contributed by atoms with Gasteiger partial charge in [-0.1, -0.05) is 36.4 Å². The molecule has 2 aromatic heterocycles. The molecule has 0 amide bonds. The van der Waals surface area contributed by atoms with Gasteiger partial charge in [-0.05, 0) is 29.8 Å². The van der Waals surface area contributed by atoms with E-state index in [0.717, 1.165) is 41.9 Å². The summed E-state index contributed by atoms with van der Waals surface area (Å²) < 4.78 is 27.3. The minimum atomic E-state index is -0.347. The van der Waals surface area contributed by atoms with E-state index in [-0.39, 0.29) is 17.7 Å². The molecule has 4 aromatic rings. The Kier molecular flexibility index (Phi) is 6.32. The van der Waals surface area contributed by atoms with Crippen LogP contribution in [0.1, 0.15) is 23.1 Å². The van der Waals surface area contributed by atoms with Crippen LogP contribution in [0.25, 0.3) is 10.9 Å². The van der Waals surface area contributed by atoms with E-state index in [2.05, 4.69) is 40.2 Å². The molecule has 1 fully saturated rings. The van der Waals surface area contributed by atoms with Crippen LogP contribution in [0.15, 0.2) is 66.9 Å². The molecule has 1 atom stereocenters. The summed E-state index contributed by atoms with van der Waals surface area (Å²) in [6.45, 7) is 3.50. The molecule has 0 saturated carbocycles. The third-order valence-corrected chi connectivity index (χ3v) is 6.04. The number of aromatic nitrogens is 3. The average Bonchev–Trinajstić information content (AvgIpc) is 3.21. The van der Waals surface area contributed by atoms with Crippen LogP contribution in [0.2, 0.25) is 0 Å². The highest BCUT2D eigenvalue weighted by Gasteiger charge is 2.25. The first-order chi connectivity index (χ1) is 16.2. The van der Waals surface area contributed by atoms with Crippen molar-refractivity contribution >= 4 is 10.9 Å². The van der Waals surface area contributed by atoms with Crippen LogP contribution in [-0.2, 0) is 24.8 Å². The fraction of sp³-hybridized carbons (Fsp3) is 0.308. The molecule has 0 unspecified atom stereocenters. The predicted octanol–water partition coefficient (Wildman–Crippen LogP) is 4.30. The molecule has 1 aliphatic heterocycles. The van der Waals surface area contributed by atoms with Crippen molar-refractivity contribution in [3.05, 3.63) is 89.6 Å². The molecule has 0 aliphatic carbocycles. The highest BCUT2D eigenvalue weighted by molar-refractivity contribution is 5.81. The van der Waals surface area contributed by atoms with E-state index >= 15 is 0 Å². The summed E-state index contributed by atoms with van der Waals surface area (Å²) in [7, 11) is 1.92. The molecule has 1 saturated heterocycles. The number of fused-ring (bicyclic) bond motifs is 1. The van der Waals surface area contributed by atoms with Crippen LogP contribution in [0.5, 0.6) is 5.75 Å². The van der Waals surface area contributed by atoms with E-state index in [9.17, 15) is 4.39 Å². The van der Waals surface area contributed by atoms with Crippen LogP contribution in [-0.4, -0.2) is 46.0 Å². The second kappa shape index (κ2) is 9.68. The van der Waals surface area contributed by atoms with Gasteiger partial charge in [-0.25, -0.2) is 4.39 Å². The summed E-state index contributed by atoms with van der Waals surface area (Å²) in [5.41, 5.74) is 4.22. The summed E-state index contributed by atoms with van der Waals surface area (Å²) in [5, 5.41) is 5.85. The third kappa shape index (κ3) is 4.89. The lowest BCUT2D eigenvalue weighted by Gasteiger charge is -2.32. The molecule has 6 nitrogen and oxygen atoms in total. The van der Waals surface area contributed by atoms with Crippen LogP contribution in [0.3, 0.4) is 0 Å². The van der Waals surface area contributed by atoms with Crippen molar-refractivity contribution in [3.63, 3.8) is 0 Å². The van der Waals surface area contributed by atoms with E-state index in [1.54, 1.807) is 18.2 Å². The van der Waals surface area contributed by atoms with Crippen molar-refractivity contribution < 1.29 is 13.9 Å². The van der Waals surface area contributed by atoms with Gasteiger partial charge in [-0.15, -0.1) is 0 Å². The van der Waals surface area contributed by atoms with E-state index in [0.29, 0.717) is 19.6 Å². The normalized spacial score (nSPS) is 16.8. The maximum absolute atomic E-state index is 13.8. The number of rotatable bonds is 7. The Hall–Kier alpha value is -3.29. The Bertz CT molecular complexity index is 1240. The minimum Gasteiger partial charge on any atom is -0.490 e. The molecule has 0 N–H and O–H groups in total. The molecule has 7 heteroatoms. The van der Waals surface area contributed by atoms with Crippen molar-refractivity contribution in [2.75, 3.05) is 26.3 Å². The molecule has 1 aliphatic rings. The van der Waals surface area contributed by atoms with Gasteiger partial charge in [-0.3, -0.25) is 14.6 Å². The zero-order valence-corrected chi connectivity index (χ0v) is 18.7. The van der Waals surface area contributed by atoms with Gasteiger partial charge in [-0.2, -0.15) is 5.10 Å². The van der Waals surface area contributed by atoms with Gasteiger partial charge < -0.3 is 9.47 Å². The van der Waals surface area contributed by atoms with Crippen molar-refractivity contribution in [1.29, 1.82) is 0 Å². The van der Waals surface area contributed by atoms with Crippen LogP contribution in [0.4, 0.5) is 4.39 Å². The summed E-state index contributed by atoms with van der Waals surface area (Å²) in [6.07, 6.45) is 2.39. The fourth-order valence-electron chi connectivity index (χ4n) is 4.31. The molecule has 33 heavy (non-hydrogen) atoms. The number of nitrogens with zero attached hydrogens (tertiary/aromatic N) is 4. The minimum absolute atomic E-state index is 0.0888. The summed E-state index contributed by atoms with van der Waals surface area (Å²) >= 11 is 0. The van der Waals surface area contributed by atoms with E-state index in [1.807, 2.05) is 24.0 Å². The zero-order chi connectivity index (χ0) is 22.6. The zero-order valence-electron chi connectivity index (χ0n) is 18.7. The molecule has 2 aromatic carbocycles. The highest BCUT2D eigenvalue weighted by Crippen LogP contribution is 2.25. The second-order valence-corrected chi connectivity index (χ2v) is 8.30. The average molecular weight is 447 g/mol. The Morgan fingerprint density at radius 1 is 1.12 bits per heavy atom. The predicted molar refractivity (Wildman–Crippen MR) is 125 cm³/mol. The Balaban J connectivity index is 1.23. The molecule has 0 bridgehead atoms. The Labute approximate surface area is 192 Å². The van der Waals surface area contributed by atoms with Crippen LogP contribution in [0, 0.1) is 5.82 Å². The molecule has 3 heterocycles. The lowest BCUT2D eigenvalue weighted by molar-refractivity contribution is -0.0351. The molecule has 0 spiro atoms. The number of hydrogen-bond donors (Lipinski definition) is 0. The van der Waals surface area contributed by atoms with Gasteiger partial charge >= 0.3 is 0 Å². The topological polar surface area (TPSA) is 52.4 Å². The molecule has 170 valence electrons. The van der Waals surface area contributed by atoms with E-state index < -0.39 is 0 Å². The maximum Gasteiger partial charge on any atom is 0.165 e. The maximum atomic E-state index is 13.8. The van der Waals surface area contributed by atoms with Gasteiger partial charge in [0.1, 0.15) is 6.10 Å². The van der Waals surface area contributed by atoms with Gasteiger partial charge in [0.2, 0.25) is 0 Å². The summed E-state index contributed by atoms with van der Waals surface area (Å²) in [6, 6.07) is 18.9. The molecular formula is C26H27FN4O2. The van der Waals surface area contributed by atoms with E-state index in [4.69, 9.17) is 14.6 Å². The van der Waals surface area contributed by atoms with Gasteiger partial charge in [0, 0.05) is 50.4 Å². The standard InChI is InChI=1S/C26H27FN4O2/c1-30-21(11-14-32-24-10-3-2-9-22(24)27)16-23(29-30)25-18-31(13-15-33-25)17-20-7-4-6-19-8-5-12-28-26(19)20/h2-10,12,16,25H,11,13-15,17-18H2,1H3/t25-/m0/s1. The number of ether oxygens (including phenoxy) is 2. The number of halogens is 1. The Morgan fingerprint density at radius 2 is 2.00 bits per heavy atom. The first-order valence-electron chi connectivity index (χ1n) is 11.2. The van der Waals surface area contributed by atoms with Crippen molar-refractivity contribution in [2.45, 2.75) is 19.1 Å². The van der Waals surface area contributed by atoms with Crippen LogP contribution >= 0.6 is 0 Å². The number of hydrogen-bond acceptors (Lipinski definition) is 5. The third-order valence-electron chi connectivity index (χ3n) is 6.04. The smallest absolute Gasteiger partial charge is 0.165 e. The van der Waals surface area contributed by atoms with Crippen LogP contribution < -0.4 is 4.74 Å². The Morgan fingerprint density at radius 3 is 2.91 bits per heavy atom. The largest absolute Gasteiger partial charge is 0.490 e. The summed E-state index contributed by atoms with van der Waals surface area (Å²) in [4.78, 5) is 6.98. The van der Waals surface area contributed by atoms with Gasteiger partial charge in [0.05, 0.1) is 24.4 Å². The fourth-order valence-corrected chi connectivity index (χ4v) is 4.31. The molecular weight excluding hydrogens is 419 g/mol. The highest BCUT2D eigenvalue weighted by atomic mass is 19.1. The lowest BCUT2D eigenvalue weighted by atomic mass is 10.1. The second-order valence-electron chi connectivity index (χ2n) is 8.30. The quantitative estimate of drug-likeness (QED) is 0.424. The van der Waals surface area contributed by atoms with Crippen molar-refractivity contribution in [3.8, 4) is 5.75 Å². The van der Waals surface area contributed by atoms with Gasteiger partial charge in [0.25, 0.3) is 0 Å². The first kappa shape index (κ1) is 21.6. The lowest BCUT2D eigenvalue weighted by Crippen LogP contribution is -2.38. The monoisotopic (exact) mass is 446 g/mol. The van der Waals surface area contributed by atoms with Crippen molar-refractivity contribution in [2.24, 2.45) is 7.05 Å². The number of pyridine rings is 1. The van der Waals surface area contributed by atoms with E-state index in [1.165, 1.54) is 11.6 Å². The summed E-state index contributed by atoms with van der Waals surface area (Å²) in [5.74, 6) is -0.0747. The number of morpholine rings is 1. The SMILES string of the molecule is Cn1nc([C@@H]2CN(Cc3cccc4cccnc34)CCO2)cc1CCOc1ccccc1F. The van der Waals surface area contributed by atoms with Crippen molar-refractivity contribution in [1.82, 2.24) is 19.7 Å². The molecule has 5 rings (SSSR count). The molecule has 0 radical (unpaired) electrons. The van der Waals surface area contributed by atoms with Gasteiger partial charge in [0.15, 0.2) is 11.6 Å². The number of para-hydroxylation sites is 2. The number of aryl methyl sites for hydroxylation is 1. The first-order valence-corrected chi connectivity index (χ1v) is 11.2.